The Morgan fingerprint density at radius 3 is 2.80 bits per heavy atom. The minimum Gasteiger partial charge on any atom is -0.344 e. The van der Waals surface area contributed by atoms with Crippen LogP contribution in [0, 0.1) is 19.8 Å². The predicted octanol–water partition coefficient (Wildman–Crippen LogP) is 3.15. The van der Waals surface area contributed by atoms with E-state index in [4.69, 9.17) is 0 Å². The average Bonchev–Trinajstić information content (AvgIpc) is 2.59. The van der Waals surface area contributed by atoms with Crippen molar-refractivity contribution in [3.8, 4) is 0 Å². The molecule has 1 aromatic rings. The Labute approximate surface area is 91.4 Å². The minimum atomic E-state index is 0.692. The second kappa shape index (κ2) is 4.05. The van der Waals surface area contributed by atoms with Crippen molar-refractivity contribution in [2.24, 2.45) is 10.9 Å². The van der Waals surface area contributed by atoms with Crippen molar-refractivity contribution in [3.63, 3.8) is 0 Å². The molecule has 15 heavy (non-hydrogen) atoms. The minimum absolute atomic E-state index is 0.692. The third kappa shape index (κ3) is 2.20. The highest BCUT2D eigenvalue weighted by Gasteiger charge is 2.14. The molecular formula is C13H18N2. The van der Waals surface area contributed by atoms with E-state index in [-0.39, 0.29) is 0 Å². The standard InChI is InChI=1S/C13H18N2/c1-9-7-13(14-8-9)15-12-6-4-5-10(2)11(12)3/h4-6,9H,7-8H2,1-3H3,(H,14,15). The number of aryl methyl sites for hydroxylation is 1. The van der Waals surface area contributed by atoms with Crippen LogP contribution in [-0.2, 0) is 0 Å². The number of aliphatic imine (C=N–C) groups is 1. The van der Waals surface area contributed by atoms with Crippen molar-refractivity contribution in [2.75, 3.05) is 11.9 Å². The molecule has 0 fully saturated rings. The zero-order valence-corrected chi connectivity index (χ0v) is 9.67. The lowest BCUT2D eigenvalue weighted by Gasteiger charge is -2.11. The van der Waals surface area contributed by atoms with Crippen LogP contribution in [0.25, 0.3) is 0 Å². The molecular weight excluding hydrogens is 184 g/mol. The third-order valence-corrected chi connectivity index (χ3v) is 3.02. The summed E-state index contributed by atoms with van der Waals surface area (Å²) in [5.74, 6) is 1.83. The van der Waals surface area contributed by atoms with E-state index in [2.05, 4.69) is 49.3 Å². The summed E-state index contributed by atoms with van der Waals surface area (Å²) in [7, 11) is 0. The first-order chi connectivity index (χ1) is 7.16. The van der Waals surface area contributed by atoms with Crippen LogP contribution in [0.4, 0.5) is 5.69 Å². The quantitative estimate of drug-likeness (QED) is 0.743. The third-order valence-electron chi connectivity index (χ3n) is 3.02. The largest absolute Gasteiger partial charge is 0.344 e. The number of hydrogen-bond donors (Lipinski definition) is 1. The molecule has 0 spiro atoms. The SMILES string of the molecule is Cc1cccc(NC2=NCC(C)C2)c1C. The first-order valence-corrected chi connectivity index (χ1v) is 5.53. The van der Waals surface area contributed by atoms with Crippen LogP contribution in [-0.4, -0.2) is 12.4 Å². The van der Waals surface area contributed by atoms with Crippen LogP contribution < -0.4 is 5.32 Å². The molecule has 0 saturated heterocycles. The highest BCUT2D eigenvalue weighted by Crippen LogP contribution is 2.20. The van der Waals surface area contributed by atoms with E-state index in [1.807, 2.05) is 0 Å². The molecule has 1 aliphatic heterocycles. The average molecular weight is 202 g/mol. The fourth-order valence-corrected chi connectivity index (χ4v) is 1.86. The van der Waals surface area contributed by atoms with Crippen LogP contribution in [0.3, 0.4) is 0 Å². The van der Waals surface area contributed by atoms with Crippen molar-refractivity contribution in [1.82, 2.24) is 0 Å². The van der Waals surface area contributed by atoms with Crippen molar-refractivity contribution < 1.29 is 0 Å². The van der Waals surface area contributed by atoms with Gasteiger partial charge in [-0.3, -0.25) is 4.99 Å². The predicted molar refractivity (Wildman–Crippen MR) is 65.6 cm³/mol. The van der Waals surface area contributed by atoms with Gasteiger partial charge in [-0.15, -0.1) is 0 Å². The van der Waals surface area contributed by atoms with E-state index in [0.717, 1.165) is 18.8 Å². The topological polar surface area (TPSA) is 24.4 Å². The fourth-order valence-electron chi connectivity index (χ4n) is 1.86. The van der Waals surface area contributed by atoms with Crippen LogP contribution in [0.1, 0.15) is 24.5 Å². The van der Waals surface area contributed by atoms with E-state index in [9.17, 15) is 0 Å². The zero-order chi connectivity index (χ0) is 10.8. The van der Waals surface area contributed by atoms with Gasteiger partial charge in [-0.25, -0.2) is 0 Å². The summed E-state index contributed by atoms with van der Waals surface area (Å²) < 4.78 is 0. The number of benzene rings is 1. The van der Waals surface area contributed by atoms with Gasteiger partial charge in [0.25, 0.3) is 0 Å². The van der Waals surface area contributed by atoms with Crippen molar-refractivity contribution in [2.45, 2.75) is 27.2 Å². The van der Waals surface area contributed by atoms with Crippen molar-refractivity contribution >= 4 is 11.5 Å². The molecule has 0 amide bonds. The number of anilines is 1. The molecule has 2 nitrogen and oxygen atoms in total. The molecule has 0 aromatic heterocycles. The maximum Gasteiger partial charge on any atom is 0.101 e. The Balaban J connectivity index is 2.15. The van der Waals surface area contributed by atoms with Gasteiger partial charge in [0.15, 0.2) is 0 Å². The second-order valence-electron chi connectivity index (χ2n) is 4.47. The molecule has 1 unspecified atom stereocenters. The summed E-state index contributed by atoms with van der Waals surface area (Å²) in [6.45, 7) is 7.49. The zero-order valence-electron chi connectivity index (χ0n) is 9.67. The summed E-state index contributed by atoms with van der Waals surface area (Å²) in [5.41, 5.74) is 3.84. The molecule has 80 valence electrons. The van der Waals surface area contributed by atoms with Crippen LogP contribution >= 0.6 is 0 Å². The van der Waals surface area contributed by atoms with Crippen LogP contribution in [0.5, 0.6) is 0 Å². The maximum atomic E-state index is 4.49. The first kappa shape index (κ1) is 10.2. The molecule has 1 aliphatic rings. The van der Waals surface area contributed by atoms with E-state index in [1.54, 1.807) is 0 Å². The molecule has 2 rings (SSSR count). The number of amidine groups is 1. The van der Waals surface area contributed by atoms with Gasteiger partial charge in [0, 0.05) is 18.7 Å². The van der Waals surface area contributed by atoms with Crippen molar-refractivity contribution in [3.05, 3.63) is 29.3 Å². The van der Waals surface area contributed by atoms with E-state index in [0.29, 0.717) is 5.92 Å². The molecule has 1 heterocycles. The monoisotopic (exact) mass is 202 g/mol. The van der Waals surface area contributed by atoms with Crippen LogP contribution in [0.15, 0.2) is 23.2 Å². The fraction of sp³-hybridized carbons (Fsp3) is 0.462. The molecule has 0 saturated carbocycles. The van der Waals surface area contributed by atoms with Crippen LogP contribution in [0.2, 0.25) is 0 Å². The number of rotatable bonds is 1. The Hall–Kier alpha value is -1.31. The number of hydrogen-bond acceptors (Lipinski definition) is 2. The summed E-state index contributed by atoms with van der Waals surface area (Å²) >= 11 is 0. The van der Waals surface area contributed by atoms with E-state index in [1.165, 1.54) is 16.8 Å². The van der Waals surface area contributed by atoms with Gasteiger partial charge in [-0.1, -0.05) is 19.1 Å². The number of nitrogens with one attached hydrogen (secondary N) is 1. The lowest BCUT2D eigenvalue weighted by atomic mass is 10.1. The molecule has 1 N–H and O–H groups in total. The Morgan fingerprint density at radius 1 is 1.33 bits per heavy atom. The Bertz CT molecular complexity index is 394. The van der Waals surface area contributed by atoms with E-state index < -0.39 is 0 Å². The normalized spacial score (nSPS) is 20.2. The van der Waals surface area contributed by atoms with E-state index >= 15 is 0 Å². The molecule has 0 bridgehead atoms. The summed E-state index contributed by atoms with van der Waals surface area (Å²) in [6.07, 6.45) is 1.08. The van der Waals surface area contributed by atoms with Gasteiger partial charge in [-0.05, 0) is 37.0 Å². The highest BCUT2D eigenvalue weighted by atomic mass is 15.0. The lowest BCUT2D eigenvalue weighted by Crippen LogP contribution is -2.11. The van der Waals surface area contributed by atoms with Gasteiger partial charge < -0.3 is 5.32 Å². The molecule has 1 atom stereocenters. The molecule has 0 aliphatic carbocycles. The van der Waals surface area contributed by atoms with Gasteiger partial charge >= 0.3 is 0 Å². The van der Waals surface area contributed by atoms with Gasteiger partial charge in [0.05, 0.1) is 0 Å². The molecule has 0 radical (unpaired) electrons. The Morgan fingerprint density at radius 2 is 2.13 bits per heavy atom. The highest BCUT2D eigenvalue weighted by molar-refractivity contribution is 5.97. The van der Waals surface area contributed by atoms with Gasteiger partial charge in [-0.2, -0.15) is 0 Å². The Kier molecular flexibility index (Phi) is 2.76. The lowest BCUT2D eigenvalue weighted by molar-refractivity contribution is 0.664. The summed E-state index contributed by atoms with van der Waals surface area (Å²) in [4.78, 5) is 4.49. The van der Waals surface area contributed by atoms with Gasteiger partial charge in [0.1, 0.15) is 5.84 Å². The molecule has 1 aromatic carbocycles. The maximum absolute atomic E-state index is 4.49. The summed E-state index contributed by atoms with van der Waals surface area (Å²) in [6, 6.07) is 6.34. The number of nitrogens with zero attached hydrogens (tertiary/aromatic N) is 1. The van der Waals surface area contributed by atoms with Gasteiger partial charge in [0.2, 0.25) is 0 Å². The first-order valence-electron chi connectivity index (χ1n) is 5.53. The smallest absolute Gasteiger partial charge is 0.101 e. The summed E-state index contributed by atoms with van der Waals surface area (Å²) in [5, 5.41) is 3.43. The molecule has 2 heteroatoms. The second-order valence-corrected chi connectivity index (χ2v) is 4.47. The van der Waals surface area contributed by atoms with Crippen molar-refractivity contribution in [1.29, 1.82) is 0 Å².